The number of hydrogen-bond donors (Lipinski definition) is 3. The number of benzene rings is 3. The molecule has 0 saturated heterocycles. The van der Waals surface area contributed by atoms with Crippen molar-refractivity contribution in [1.82, 2.24) is 5.32 Å². The number of methoxy groups -OCH3 is 2. The summed E-state index contributed by atoms with van der Waals surface area (Å²) >= 11 is 0. The second-order valence-electron chi connectivity index (χ2n) is 11.0. The number of phenolic OH excluding ortho intramolecular Hbond substituents is 1. The highest BCUT2D eigenvalue weighted by molar-refractivity contribution is 5.63. The lowest BCUT2D eigenvalue weighted by atomic mass is 9.79. The molecule has 222 valence electrons. The van der Waals surface area contributed by atoms with Crippen molar-refractivity contribution < 1.29 is 23.7 Å². The molecule has 3 N–H and O–H groups in total. The molecule has 0 aliphatic heterocycles. The van der Waals surface area contributed by atoms with Gasteiger partial charge in [0.05, 0.1) is 14.2 Å². The van der Waals surface area contributed by atoms with Crippen LogP contribution in [0.3, 0.4) is 0 Å². The van der Waals surface area contributed by atoms with E-state index in [4.69, 9.17) is 14.2 Å². The molecule has 1 aliphatic rings. The Bertz CT molecular complexity index is 1280. The Labute approximate surface area is 244 Å². The van der Waals surface area contributed by atoms with Crippen LogP contribution in [0.2, 0.25) is 0 Å². The van der Waals surface area contributed by atoms with Gasteiger partial charge in [0.15, 0.2) is 23.1 Å². The van der Waals surface area contributed by atoms with Crippen molar-refractivity contribution in [2.45, 2.75) is 70.8 Å². The molecule has 1 aliphatic carbocycles. The molecule has 0 radical (unpaired) electrons. The van der Waals surface area contributed by atoms with Gasteiger partial charge in [0, 0.05) is 24.3 Å². The Kier molecular flexibility index (Phi) is 11.1. The zero-order valence-corrected chi connectivity index (χ0v) is 24.9. The number of halogens is 1. The number of unbranched alkanes of at least 4 members (excludes halogenated alkanes) is 2. The van der Waals surface area contributed by atoms with Gasteiger partial charge in [0.2, 0.25) is 0 Å². The Morgan fingerprint density at radius 1 is 0.951 bits per heavy atom. The van der Waals surface area contributed by atoms with Gasteiger partial charge in [-0.25, -0.2) is 4.39 Å². The van der Waals surface area contributed by atoms with Crippen molar-refractivity contribution in [1.29, 1.82) is 0 Å². The van der Waals surface area contributed by atoms with Gasteiger partial charge >= 0.3 is 0 Å². The number of phenols is 1. The minimum atomic E-state index is -0.334. The molecule has 0 amide bonds. The average Bonchev–Trinajstić information content (AvgIpc) is 2.97. The van der Waals surface area contributed by atoms with Crippen LogP contribution in [0.1, 0.15) is 67.7 Å². The molecule has 0 saturated carbocycles. The molecule has 4 rings (SSSR count). The molecule has 2 atom stereocenters. The van der Waals surface area contributed by atoms with Crippen molar-refractivity contribution in [2.24, 2.45) is 0 Å². The van der Waals surface area contributed by atoms with Crippen LogP contribution < -0.4 is 24.8 Å². The fourth-order valence-corrected chi connectivity index (χ4v) is 5.68. The Hall–Kier alpha value is -3.45. The Morgan fingerprint density at radius 3 is 2.51 bits per heavy atom. The van der Waals surface area contributed by atoms with E-state index in [9.17, 15) is 9.50 Å². The molecule has 6 nitrogen and oxygen atoms in total. The monoisotopic (exact) mass is 564 g/mol. The Morgan fingerprint density at radius 2 is 1.76 bits per heavy atom. The second kappa shape index (κ2) is 15.0. The van der Waals surface area contributed by atoms with Crippen molar-refractivity contribution in [2.75, 3.05) is 39.2 Å². The lowest BCUT2D eigenvalue weighted by molar-refractivity contribution is 0.298. The van der Waals surface area contributed by atoms with Crippen LogP contribution in [-0.2, 0) is 19.3 Å². The fraction of sp³-hybridized carbons (Fsp3) is 0.471. The van der Waals surface area contributed by atoms with E-state index in [2.05, 4.69) is 30.5 Å². The van der Waals surface area contributed by atoms with Gasteiger partial charge in [-0.3, -0.25) is 0 Å². The maximum atomic E-state index is 14.8. The summed E-state index contributed by atoms with van der Waals surface area (Å²) in [4.78, 5) is 0. The molecule has 3 aromatic carbocycles. The van der Waals surface area contributed by atoms with Crippen molar-refractivity contribution in [3.05, 3.63) is 76.6 Å². The predicted molar refractivity (Wildman–Crippen MR) is 163 cm³/mol. The number of rotatable bonds is 15. The molecule has 7 heteroatoms. The summed E-state index contributed by atoms with van der Waals surface area (Å²) in [5, 5.41) is 16.9. The molecule has 0 spiro atoms. The molecule has 2 unspecified atom stereocenters. The second-order valence-corrected chi connectivity index (χ2v) is 11.0. The van der Waals surface area contributed by atoms with Crippen LogP contribution in [0.25, 0.3) is 0 Å². The van der Waals surface area contributed by atoms with Crippen LogP contribution in [0.15, 0.2) is 48.5 Å². The summed E-state index contributed by atoms with van der Waals surface area (Å²) in [5.41, 5.74) is 5.54. The van der Waals surface area contributed by atoms with Crippen LogP contribution >= 0.6 is 0 Å². The molecule has 0 heterocycles. The van der Waals surface area contributed by atoms with Crippen LogP contribution in [0.5, 0.6) is 23.0 Å². The number of aryl methyl sites for hydroxylation is 1. The van der Waals surface area contributed by atoms with Gasteiger partial charge in [-0.2, -0.15) is 0 Å². The molecular formula is C34H45FN2O4. The van der Waals surface area contributed by atoms with Gasteiger partial charge in [0.25, 0.3) is 0 Å². The zero-order chi connectivity index (χ0) is 29.2. The molecule has 41 heavy (non-hydrogen) atoms. The number of hydrogen-bond acceptors (Lipinski definition) is 6. The minimum absolute atomic E-state index is 0.0400. The maximum Gasteiger partial charge on any atom is 0.165 e. The molecular weight excluding hydrogens is 519 g/mol. The maximum absolute atomic E-state index is 14.8. The summed E-state index contributed by atoms with van der Waals surface area (Å²) < 4.78 is 31.8. The highest BCUT2D eigenvalue weighted by Crippen LogP contribution is 2.42. The highest BCUT2D eigenvalue weighted by atomic mass is 19.1. The van der Waals surface area contributed by atoms with Gasteiger partial charge in [-0.1, -0.05) is 31.9 Å². The standard InChI is InChI=1S/C34H45FN2O4/c1-5-6-7-14-36-15-16-41-32-13-8-24(18-30(32)35)17-23(2)37-31-22-34(40-4)33(39-3)21-29(31)27-10-9-26-20-28(38)12-11-25(26)19-27/h8,11-13,18,20-23,27,36-38H,5-7,9-10,14-17,19H2,1-4H3. The molecule has 0 aromatic heterocycles. The summed E-state index contributed by atoms with van der Waals surface area (Å²) in [7, 11) is 3.30. The topological polar surface area (TPSA) is 72.0 Å². The fourth-order valence-electron chi connectivity index (χ4n) is 5.68. The van der Waals surface area contributed by atoms with Crippen LogP contribution in [-0.4, -0.2) is 45.1 Å². The molecule has 0 bridgehead atoms. The molecule has 0 fully saturated rings. The number of nitrogens with one attached hydrogen (secondary N) is 2. The summed E-state index contributed by atoms with van der Waals surface area (Å²) in [6.07, 6.45) is 6.96. The van der Waals surface area contributed by atoms with Gasteiger partial charge in [-0.05, 0) is 104 Å². The van der Waals surface area contributed by atoms with E-state index in [-0.39, 0.29) is 23.5 Å². The number of aromatic hydroxyl groups is 1. The summed E-state index contributed by atoms with van der Waals surface area (Å²) in [6, 6.07) is 15.0. The first-order valence-corrected chi connectivity index (χ1v) is 14.9. The van der Waals surface area contributed by atoms with Gasteiger partial charge in [0.1, 0.15) is 12.4 Å². The van der Waals surface area contributed by atoms with Gasteiger partial charge < -0.3 is 30.0 Å². The van der Waals surface area contributed by atoms with Crippen molar-refractivity contribution >= 4 is 5.69 Å². The normalized spacial score (nSPS) is 15.2. The minimum Gasteiger partial charge on any atom is -0.508 e. The van der Waals surface area contributed by atoms with Crippen molar-refractivity contribution in [3.8, 4) is 23.0 Å². The third-order valence-electron chi connectivity index (χ3n) is 7.85. The van der Waals surface area contributed by atoms with E-state index in [0.717, 1.165) is 43.5 Å². The Balaban J connectivity index is 1.42. The largest absolute Gasteiger partial charge is 0.508 e. The summed E-state index contributed by atoms with van der Waals surface area (Å²) in [5.74, 6) is 1.93. The number of ether oxygens (including phenoxy) is 3. The zero-order valence-electron chi connectivity index (χ0n) is 24.9. The van der Waals surface area contributed by atoms with Crippen LogP contribution in [0.4, 0.5) is 10.1 Å². The SMILES string of the molecule is CCCCCNCCOc1ccc(CC(C)Nc2cc(OC)c(OC)cc2C2CCc3cc(O)ccc3C2)cc1F. The quantitative estimate of drug-likeness (QED) is 0.172. The first-order valence-electron chi connectivity index (χ1n) is 14.9. The summed E-state index contributed by atoms with van der Waals surface area (Å²) in [6.45, 7) is 6.39. The van der Waals surface area contributed by atoms with Crippen LogP contribution in [0, 0.1) is 5.82 Å². The third-order valence-corrected chi connectivity index (χ3v) is 7.85. The van der Waals surface area contributed by atoms with Crippen molar-refractivity contribution in [3.63, 3.8) is 0 Å². The van der Waals surface area contributed by atoms with E-state index in [0.29, 0.717) is 36.8 Å². The first-order chi connectivity index (χ1) is 19.9. The van der Waals surface area contributed by atoms with Gasteiger partial charge in [-0.15, -0.1) is 0 Å². The smallest absolute Gasteiger partial charge is 0.165 e. The average molecular weight is 565 g/mol. The number of fused-ring (bicyclic) bond motifs is 1. The third kappa shape index (κ3) is 8.29. The van der Waals surface area contributed by atoms with E-state index in [1.165, 1.54) is 29.5 Å². The van der Waals surface area contributed by atoms with E-state index < -0.39 is 0 Å². The first kappa shape index (κ1) is 30.5. The predicted octanol–water partition coefficient (Wildman–Crippen LogP) is 7.02. The molecule has 3 aromatic rings. The van der Waals surface area contributed by atoms with E-state index >= 15 is 0 Å². The lowest BCUT2D eigenvalue weighted by Crippen LogP contribution is -2.22. The number of anilines is 1. The lowest BCUT2D eigenvalue weighted by Gasteiger charge is -2.29. The van der Waals surface area contributed by atoms with E-state index in [1.807, 2.05) is 24.3 Å². The van der Waals surface area contributed by atoms with E-state index in [1.54, 1.807) is 32.4 Å². The highest BCUT2D eigenvalue weighted by Gasteiger charge is 2.25.